The average Bonchev–Trinajstić information content (AvgIpc) is 2.81. The third-order valence-electron chi connectivity index (χ3n) is 2.98. The molecule has 0 aliphatic rings. The summed E-state index contributed by atoms with van der Waals surface area (Å²) < 4.78 is 5.25. The fourth-order valence-corrected chi connectivity index (χ4v) is 2.00. The Morgan fingerprint density at radius 3 is 2.58 bits per heavy atom. The fraction of sp³-hybridized carbons (Fsp3) is 0.0714. The van der Waals surface area contributed by atoms with E-state index < -0.39 is 4.92 Å². The van der Waals surface area contributed by atoms with Crippen molar-refractivity contribution in [2.24, 2.45) is 0 Å². The minimum atomic E-state index is -0.422. The molecule has 3 aromatic rings. The van der Waals surface area contributed by atoms with Crippen LogP contribution in [0.4, 0.5) is 5.69 Å². The third-order valence-corrected chi connectivity index (χ3v) is 2.98. The predicted molar refractivity (Wildman–Crippen MR) is 70.8 cm³/mol. The molecule has 0 bridgehead atoms. The highest BCUT2D eigenvalue weighted by molar-refractivity contribution is 5.91. The van der Waals surface area contributed by atoms with Gasteiger partial charge in [0, 0.05) is 23.1 Å². The van der Waals surface area contributed by atoms with Gasteiger partial charge in [0.05, 0.1) is 4.92 Å². The van der Waals surface area contributed by atoms with E-state index in [4.69, 9.17) is 4.52 Å². The molecule has 5 heteroatoms. The Morgan fingerprint density at radius 1 is 1.16 bits per heavy atom. The second-order valence-electron chi connectivity index (χ2n) is 4.33. The second-order valence-corrected chi connectivity index (χ2v) is 4.33. The Hall–Kier alpha value is -2.69. The number of hydrogen-bond donors (Lipinski definition) is 0. The number of aryl methyl sites for hydroxylation is 1. The smallest absolute Gasteiger partial charge is 0.269 e. The highest BCUT2D eigenvalue weighted by Crippen LogP contribution is 2.29. The lowest BCUT2D eigenvalue weighted by molar-refractivity contribution is -0.384. The van der Waals surface area contributed by atoms with Crippen molar-refractivity contribution in [3.8, 4) is 11.3 Å². The van der Waals surface area contributed by atoms with Gasteiger partial charge in [-0.2, -0.15) is 0 Å². The van der Waals surface area contributed by atoms with E-state index in [2.05, 4.69) is 5.16 Å². The van der Waals surface area contributed by atoms with Gasteiger partial charge in [0.2, 0.25) is 0 Å². The van der Waals surface area contributed by atoms with Gasteiger partial charge in [0.15, 0.2) is 5.58 Å². The second kappa shape index (κ2) is 4.20. The van der Waals surface area contributed by atoms with Crippen LogP contribution >= 0.6 is 0 Å². The van der Waals surface area contributed by atoms with Gasteiger partial charge in [-0.25, -0.2) is 0 Å². The minimum Gasteiger partial charge on any atom is -0.356 e. The van der Waals surface area contributed by atoms with Gasteiger partial charge < -0.3 is 4.52 Å². The van der Waals surface area contributed by atoms with Crippen LogP contribution < -0.4 is 0 Å². The molecule has 0 aliphatic carbocycles. The number of non-ortho nitro benzene ring substituents is 1. The molecular formula is C14H10N2O3. The SMILES string of the molecule is Cc1ccc2onc(-c3ccc([N+](=O)[O-])cc3)c2c1. The number of rotatable bonds is 2. The van der Waals surface area contributed by atoms with Crippen LogP contribution in [0.3, 0.4) is 0 Å². The van der Waals surface area contributed by atoms with E-state index in [1.54, 1.807) is 12.1 Å². The van der Waals surface area contributed by atoms with Gasteiger partial charge >= 0.3 is 0 Å². The van der Waals surface area contributed by atoms with Gasteiger partial charge in [-0.1, -0.05) is 16.8 Å². The van der Waals surface area contributed by atoms with Crippen molar-refractivity contribution >= 4 is 16.7 Å². The first kappa shape index (κ1) is 11.4. The van der Waals surface area contributed by atoms with Gasteiger partial charge in [-0.05, 0) is 31.2 Å². The molecule has 0 fully saturated rings. The van der Waals surface area contributed by atoms with Crippen molar-refractivity contribution in [1.29, 1.82) is 0 Å². The Balaban J connectivity index is 2.13. The van der Waals surface area contributed by atoms with Crippen LogP contribution in [0.25, 0.3) is 22.2 Å². The van der Waals surface area contributed by atoms with E-state index >= 15 is 0 Å². The van der Waals surface area contributed by atoms with E-state index in [1.807, 2.05) is 25.1 Å². The van der Waals surface area contributed by atoms with E-state index in [0.29, 0.717) is 11.3 Å². The molecular weight excluding hydrogens is 244 g/mol. The fourth-order valence-electron chi connectivity index (χ4n) is 2.00. The van der Waals surface area contributed by atoms with Crippen LogP contribution in [0.1, 0.15) is 5.56 Å². The third kappa shape index (κ3) is 1.95. The van der Waals surface area contributed by atoms with Crippen LogP contribution in [-0.2, 0) is 0 Å². The summed E-state index contributed by atoms with van der Waals surface area (Å²) in [5.74, 6) is 0. The summed E-state index contributed by atoms with van der Waals surface area (Å²) in [7, 11) is 0. The van der Waals surface area contributed by atoms with Crippen LogP contribution in [0.2, 0.25) is 0 Å². The topological polar surface area (TPSA) is 69.2 Å². The zero-order valence-corrected chi connectivity index (χ0v) is 10.2. The summed E-state index contributed by atoms with van der Waals surface area (Å²) >= 11 is 0. The highest BCUT2D eigenvalue weighted by Gasteiger charge is 2.12. The van der Waals surface area contributed by atoms with Gasteiger partial charge in [-0.15, -0.1) is 0 Å². The van der Waals surface area contributed by atoms with Crippen molar-refractivity contribution in [1.82, 2.24) is 5.16 Å². The number of benzene rings is 2. The number of hydrogen-bond acceptors (Lipinski definition) is 4. The highest BCUT2D eigenvalue weighted by atomic mass is 16.6. The van der Waals surface area contributed by atoms with Crippen molar-refractivity contribution in [2.45, 2.75) is 6.92 Å². The average molecular weight is 254 g/mol. The van der Waals surface area contributed by atoms with Gasteiger partial charge in [0.25, 0.3) is 5.69 Å². The Labute approximate surface area is 108 Å². The summed E-state index contributed by atoms with van der Waals surface area (Å²) in [5.41, 5.74) is 3.38. The van der Waals surface area contributed by atoms with Gasteiger partial charge in [-0.3, -0.25) is 10.1 Å². The van der Waals surface area contributed by atoms with E-state index in [0.717, 1.165) is 16.5 Å². The molecule has 2 aromatic carbocycles. The number of nitro groups is 1. The minimum absolute atomic E-state index is 0.0627. The molecule has 1 heterocycles. The molecule has 0 N–H and O–H groups in total. The largest absolute Gasteiger partial charge is 0.356 e. The Kier molecular flexibility index (Phi) is 2.52. The molecule has 5 nitrogen and oxygen atoms in total. The quantitative estimate of drug-likeness (QED) is 0.516. The number of nitrogens with zero attached hydrogens (tertiary/aromatic N) is 2. The molecule has 0 amide bonds. The molecule has 0 spiro atoms. The molecule has 0 unspecified atom stereocenters. The van der Waals surface area contributed by atoms with Crippen molar-refractivity contribution in [3.63, 3.8) is 0 Å². The lowest BCUT2D eigenvalue weighted by atomic mass is 10.1. The zero-order chi connectivity index (χ0) is 13.4. The number of aromatic nitrogens is 1. The molecule has 0 saturated carbocycles. The lowest BCUT2D eigenvalue weighted by Crippen LogP contribution is -1.87. The molecule has 1 aromatic heterocycles. The van der Waals surface area contributed by atoms with E-state index in [9.17, 15) is 10.1 Å². The Morgan fingerprint density at radius 2 is 1.89 bits per heavy atom. The van der Waals surface area contributed by atoms with Gasteiger partial charge in [0.1, 0.15) is 5.69 Å². The van der Waals surface area contributed by atoms with Crippen molar-refractivity contribution in [2.75, 3.05) is 0 Å². The summed E-state index contributed by atoms with van der Waals surface area (Å²) in [6.45, 7) is 1.99. The van der Waals surface area contributed by atoms with Crippen LogP contribution in [-0.4, -0.2) is 10.1 Å². The molecule has 19 heavy (non-hydrogen) atoms. The maximum atomic E-state index is 10.6. The van der Waals surface area contributed by atoms with Crippen molar-refractivity contribution in [3.05, 3.63) is 58.1 Å². The maximum absolute atomic E-state index is 10.6. The van der Waals surface area contributed by atoms with Crippen LogP contribution in [0.5, 0.6) is 0 Å². The summed E-state index contributed by atoms with van der Waals surface area (Å²) in [6.07, 6.45) is 0. The first-order chi connectivity index (χ1) is 9.15. The predicted octanol–water partition coefficient (Wildman–Crippen LogP) is 3.71. The van der Waals surface area contributed by atoms with E-state index in [-0.39, 0.29) is 5.69 Å². The zero-order valence-electron chi connectivity index (χ0n) is 10.2. The lowest BCUT2D eigenvalue weighted by Gasteiger charge is -1.97. The molecule has 0 radical (unpaired) electrons. The summed E-state index contributed by atoms with van der Waals surface area (Å²) in [5, 5.41) is 15.6. The normalized spacial score (nSPS) is 10.8. The first-order valence-corrected chi connectivity index (χ1v) is 5.76. The summed E-state index contributed by atoms with van der Waals surface area (Å²) in [4.78, 5) is 10.2. The molecule has 0 atom stereocenters. The van der Waals surface area contributed by atoms with Crippen molar-refractivity contribution < 1.29 is 9.45 Å². The van der Waals surface area contributed by atoms with Crippen LogP contribution in [0, 0.1) is 17.0 Å². The summed E-state index contributed by atoms with van der Waals surface area (Å²) in [6, 6.07) is 12.1. The monoisotopic (exact) mass is 254 g/mol. The first-order valence-electron chi connectivity index (χ1n) is 5.76. The van der Waals surface area contributed by atoms with Crippen LogP contribution in [0.15, 0.2) is 47.0 Å². The van der Waals surface area contributed by atoms with E-state index in [1.165, 1.54) is 12.1 Å². The number of fused-ring (bicyclic) bond motifs is 1. The molecule has 94 valence electrons. The Bertz CT molecular complexity index is 760. The maximum Gasteiger partial charge on any atom is 0.269 e. The molecule has 0 saturated heterocycles. The molecule has 0 aliphatic heterocycles. The number of nitro benzene ring substituents is 1. The molecule has 3 rings (SSSR count). The standard InChI is InChI=1S/C14H10N2O3/c1-9-2-7-13-12(8-9)14(15-19-13)10-3-5-11(6-4-10)16(17)18/h2-8H,1H3.